The molecule has 1 N–H and O–H groups in total. The fourth-order valence-electron chi connectivity index (χ4n) is 1.48. The molecule has 0 aromatic rings. The molecule has 1 aliphatic rings. The van der Waals surface area contributed by atoms with Gasteiger partial charge in [0.05, 0.1) is 0 Å². The number of rotatable bonds is 1. The Morgan fingerprint density at radius 1 is 1.00 bits per heavy atom. The second-order valence-electron chi connectivity index (χ2n) is 2.98. The Hall–Kier alpha value is -0.250. The van der Waals surface area contributed by atoms with Gasteiger partial charge in [0.25, 0.3) is 0 Å². The molecule has 0 amide bonds. The topological polar surface area (TPSA) is 12.0 Å². The molecule has 0 aliphatic heterocycles. The molecule has 0 heterocycles. The number of hydrogen-bond donors (Lipinski definition) is 1. The molecule has 0 atom stereocenters. The molecule has 1 rings (SSSR count). The summed E-state index contributed by atoms with van der Waals surface area (Å²) >= 11 is 0. The summed E-state index contributed by atoms with van der Waals surface area (Å²) < 4.78 is 35.2. The van der Waals surface area contributed by atoms with E-state index in [1.165, 1.54) is 0 Å². The molecule has 1 fully saturated rings. The Morgan fingerprint density at radius 2 is 1.55 bits per heavy atom. The highest BCUT2D eigenvalue weighted by molar-refractivity contribution is 4.72. The smallest absolute Gasteiger partial charge is 0.225 e. The molecule has 0 saturated heterocycles. The van der Waals surface area contributed by atoms with Crippen LogP contribution in [-0.2, 0) is 0 Å². The van der Waals surface area contributed by atoms with E-state index in [4.69, 9.17) is 0 Å². The molecule has 11 heavy (non-hydrogen) atoms. The quantitative estimate of drug-likeness (QED) is 0.591. The summed E-state index contributed by atoms with van der Waals surface area (Å²) in [4.78, 5) is 0. The van der Waals surface area contributed by atoms with Gasteiger partial charge in [0.1, 0.15) is 0 Å². The van der Waals surface area contributed by atoms with Gasteiger partial charge < -0.3 is 0 Å². The molecule has 1 aliphatic carbocycles. The zero-order chi connectivity index (χ0) is 8.32. The molecule has 0 spiro atoms. The van der Waals surface area contributed by atoms with Crippen molar-refractivity contribution in [2.45, 2.75) is 44.4 Å². The zero-order valence-electron chi connectivity index (χ0n) is 6.25. The Bertz CT molecular complexity index is 115. The lowest BCUT2D eigenvalue weighted by Crippen LogP contribution is -2.41. The van der Waals surface area contributed by atoms with Gasteiger partial charge in [-0.05, 0) is 12.8 Å². The predicted molar refractivity (Wildman–Crippen MR) is 36.1 cm³/mol. The highest BCUT2D eigenvalue weighted by atomic mass is 19.4. The van der Waals surface area contributed by atoms with Crippen LogP contribution in [-0.4, -0.2) is 12.3 Å². The third kappa shape index (κ3) is 3.60. The second-order valence-corrected chi connectivity index (χ2v) is 2.98. The summed E-state index contributed by atoms with van der Waals surface area (Å²) in [6, 6.07) is -0.330. The standard InChI is InChI=1S/C7H12F3N/c8-7(9,10)11-6-4-2-1-3-5-6/h6,11H,1-5H2. The lowest BCUT2D eigenvalue weighted by Gasteiger charge is -2.23. The van der Waals surface area contributed by atoms with Crippen LogP contribution in [0.15, 0.2) is 0 Å². The van der Waals surface area contributed by atoms with Gasteiger partial charge in [-0.2, -0.15) is 13.2 Å². The first kappa shape index (κ1) is 8.84. The molecule has 0 unspecified atom stereocenters. The van der Waals surface area contributed by atoms with E-state index in [9.17, 15) is 13.2 Å². The van der Waals surface area contributed by atoms with Crippen LogP contribution in [0.2, 0.25) is 0 Å². The Kier molecular flexibility index (Phi) is 2.76. The van der Waals surface area contributed by atoms with E-state index >= 15 is 0 Å². The Labute approximate surface area is 64.0 Å². The van der Waals surface area contributed by atoms with Crippen LogP contribution in [0.25, 0.3) is 0 Å². The van der Waals surface area contributed by atoms with Gasteiger partial charge in [-0.1, -0.05) is 19.3 Å². The van der Waals surface area contributed by atoms with E-state index < -0.39 is 6.30 Å². The number of alkyl halides is 3. The number of nitrogens with one attached hydrogen (secondary N) is 1. The van der Waals surface area contributed by atoms with Crippen molar-refractivity contribution in [3.05, 3.63) is 0 Å². The maximum atomic E-state index is 11.7. The average Bonchev–Trinajstić information content (AvgIpc) is 1.85. The number of hydrogen-bond acceptors (Lipinski definition) is 1. The molecule has 1 saturated carbocycles. The first-order chi connectivity index (χ1) is 5.08. The Balaban J connectivity index is 2.24. The predicted octanol–water partition coefficient (Wildman–Crippen LogP) is 2.43. The van der Waals surface area contributed by atoms with Crippen molar-refractivity contribution in [2.75, 3.05) is 0 Å². The van der Waals surface area contributed by atoms with Crippen LogP contribution < -0.4 is 5.32 Å². The fraction of sp³-hybridized carbons (Fsp3) is 1.00. The Morgan fingerprint density at radius 3 is 2.00 bits per heavy atom. The molecule has 66 valence electrons. The summed E-state index contributed by atoms with van der Waals surface area (Å²) in [5.41, 5.74) is 0. The summed E-state index contributed by atoms with van der Waals surface area (Å²) in [6.45, 7) is 0. The number of halogens is 3. The molecule has 0 aromatic carbocycles. The van der Waals surface area contributed by atoms with Crippen molar-refractivity contribution >= 4 is 0 Å². The third-order valence-corrected chi connectivity index (χ3v) is 1.97. The van der Waals surface area contributed by atoms with Crippen LogP contribution in [0, 0.1) is 0 Å². The first-order valence-corrected chi connectivity index (χ1v) is 3.92. The van der Waals surface area contributed by atoms with Crippen molar-refractivity contribution < 1.29 is 13.2 Å². The average molecular weight is 167 g/mol. The van der Waals surface area contributed by atoms with Crippen molar-refractivity contribution in [1.29, 1.82) is 0 Å². The minimum absolute atomic E-state index is 0.330. The van der Waals surface area contributed by atoms with E-state index in [0.29, 0.717) is 12.8 Å². The maximum absolute atomic E-state index is 11.7. The van der Waals surface area contributed by atoms with Gasteiger partial charge in [0.2, 0.25) is 0 Å². The third-order valence-electron chi connectivity index (χ3n) is 1.97. The van der Waals surface area contributed by atoms with Crippen molar-refractivity contribution in [2.24, 2.45) is 0 Å². The van der Waals surface area contributed by atoms with Crippen LogP contribution in [0.1, 0.15) is 32.1 Å². The van der Waals surface area contributed by atoms with Gasteiger partial charge in [-0.3, -0.25) is 0 Å². The molecular formula is C7H12F3N. The monoisotopic (exact) mass is 167 g/mol. The SMILES string of the molecule is FC(F)(F)NC1CCCCC1. The normalized spacial score (nSPS) is 22.1. The van der Waals surface area contributed by atoms with Crippen molar-refractivity contribution in [3.8, 4) is 0 Å². The van der Waals surface area contributed by atoms with E-state index in [0.717, 1.165) is 19.3 Å². The molecule has 1 nitrogen and oxygen atoms in total. The highest BCUT2D eigenvalue weighted by Gasteiger charge is 2.31. The van der Waals surface area contributed by atoms with E-state index in [-0.39, 0.29) is 6.04 Å². The van der Waals surface area contributed by atoms with Gasteiger partial charge in [0, 0.05) is 6.04 Å². The molecule has 4 heteroatoms. The fourth-order valence-corrected chi connectivity index (χ4v) is 1.48. The van der Waals surface area contributed by atoms with Crippen molar-refractivity contribution in [3.63, 3.8) is 0 Å². The van der Waals surface area contributed by atoms with Crippen LogP contribution >= 0.6 is 0 Å². The zero-order valence-corrected chi connectivity index (χ0v) is 6.25. The lowest BCUT2D eigenvalue weighted by molar-refractivity contribution is -0.165. The highest BCUT2D eigenvalue weighted by Crippen LogP contribution is 2.21. The maximum Gasteiger partial charge on any atom is 0.457 e. The lowest BCUT2D eigenvalue weighted by atomic mass is 9.96. The first-order valence-electron chi connectivity index (χ1n) is 3.92. The van der Waals surface area contributed by atoms with Crippen molar-refractivity contribution in [1.82, 2.24) is 5.32 Å². The molecule has 0 aromatic heterocycles. The van der Waals surface area contributed by atoms with Crippen LogP contribution in [0.3, 0.4) is 0 Å². The van der Waals surface area contributed by atoms with Crippen LogP contribution in [0.4, 0.5) is 13.2 Å². The summed E-state index contributed by atoms with van der Waals surface area (Å²) in [6.07, 6.45) is 0.0680. The summed E-state index contributed by atoms with van der Waals surface area (Å²) in [7, 11) is 0. The van der Waals surface area contributed by atoms with E-state index in [1.807, 2.05) is 0 Å². The minimum atomic E-state index is -4.19. The second kappa shape index (κ2) is 3.43. The van der Waals surface area contributed by atoms with Gasteiger partial charge >= 0.3 is 6.30 Å². The molecule has 0 bridgehead atoms. The summed E-state index contributed by atoms with van der Waals surface area (Å²) in [5, 5.41) is 1.66. The van der Waals surface area contributed by atoms with E-state index in [2.05, 4.69) is 0 Å². The summed E-state index contributed by atoms with van der Waals surface area (Å²) in [5.74, 6) is 0. The molecular weight excluding hydrogens is 155 g/mol. The van der Waals surface area contributed by atoms with Gasteiger partial charge in [-0.25, -0.2) is 5.32 Å². The minimum Gasteiger partial charge on any atom is -0.225 e. The van der Waals surface area contributed by atoms with E-state index in [1.54, 1.807) is 5.32 Å². The van der Waals surface area contributed by atoms with Crippen LogP contribution in [0.5, 0.6) is 0 Å². The van der Waals surface area contributed by atoms with Gasteiger partial charge in [-0.15, -0.1) is 0 Å². The molecule has 0 radical (unpaired) electrons. The largest absolute Gasteiger partial charge is 0.457 e. The van der Waals surface area contributed by atoms with Gasteiger partial charge in [0.15, 0.2) is 0 Å².